The van der Waals surface area contributed by atoms with Crippen molar-refractivity contribution in [1.29, 1.82) is 0 Å². The lowest BCUT2D eigenvalue weighted by molar-refractivity contribution is 0.0944. The number of nitrogens with two attached hydrogens (primary N) is 1. The summed E-state index contributed by atoms with van der Waals surface area (Å²) in [6.07, 6.45) is 3.77. The van der Waals surface area contributed by atoms with Gasteiger partial charge in [0, 0.05) is 13.2 Å². The average Bonchev–Trinajstić information content (AvgIpc) is 2.78. The van der Waals surface area contributed by atoms with Crippen LogP contribution in [0, 0.1) is 0 Å². The van der Waals surface area contributed by atoms with Gasteiger partial charge in [0.15, 0.2) is 5.84 Å². The highest BCUT2D eigenvalue weighted by Crippen LogP contribution is 2.08. The SMILES string of the molecule is CCCC(NC(=O)c1cn(C)nc1CC)C(N)=NO. The number of carbonyl (C=O) groups excluding carboxylic acids is 1. The molecule has 1 unspecified atom stereocenters. The van der Waals surface area contributed by atoms with Gasteiger partial charge in [-0.2, -0.15) is 5.10 Å². The number of amidine groups is 1. The molecule has 0 bridgehead atoms. The van der Waals surface area contributed by atoms with E-state index in [2.05, 4.69) is 15.6 Å². The van der Waals surface area contributed by atoms with Crippen molar-refractivity contribution in [3.63, 3.8) is 0 Å². The van der Waals surface area contributed by atoms with Crippen molar-refractivity contribution in [2.75, 3.05) is 0 Å². The summed E-state index contributed by atoms with van der Waals surface area (Å²) in [5.74, 6) is -0.243. The number of hydrogen-bond donors (Lipinski definition) is 3. The normalized spacial score (nSPS) is 13.3. The van der Waals surface area contributed by atoms with Crippen molar-refractivity contribution < 1.29 is 10.0 Å². The summed E-state index contributed by atoms with van der Waals surface area (Å²) in [5, 5.41) is 18.7. The lowest BCUT2D eigenvalue weighted by Gasteiger charge is -2.16. The topological polar surface area (TPSA) is 106 Å². The second-order valence-corrected chi connectivity index (χ2v) is 4.36. The van der Waals surface area contributed by atoms with Crippen LogP contribution in [0.3, 0.4) is 0 Å². The zero-order valence-corrected chi connectivity index (χ0v) is 11.6. The number of amides is 1. The van der Waals surface area contributed by atoms with Crippen molar-refractivity contribution in [2.24, 2.45) is 17.9 Å². The van der Waals surface area contributed by atoms with Gasteiger partial charge in [-0.25, -0.2) is 0 Å². The fourth-order valence-electron chi connectivity index (χ4n) is 1.87. The van der Waals surface area contributed by atoms with Crippen LogP contribution in [0.15, 0.2) is 11.4 Å². The van der Waals surface area contributed by atoms with Gasteiger partial charge in [0.05, 0.1) is 17.3 Å². The van der Waals surface area contributed by atoms with Gasteiger partial charge in [0.1, 0.15) is 0 Å². The van der Waals surface area contributed by atoms with Crippen LogP contribution in [-0.2, 0) is 13.5 Å². The fourth-order valence-corrected chi connectivity index (χ4v) is 1.87. The maximum absolute atomic E-state index is 12.2. The van der Waals surface area contributed by atoms with Crippen molar-refractivity contribution in [2.45, 2.75) is 39.2 Å². The second kappa shape index (κ2) is 6.77. The lowest BCUT2D eigenvalue weighted by Crippen LogP contribution is -2.44. The molecule has 0 aliphatic rings. The van der Waals surface area contributed by atoms with Crippen LogP contribution in [0.5, 0.6) is 0 Å². The molecule has 7 nitrogen and oxygen atoms in total. The predicted molar refractivity (Wildman–Crippen MR) is 72.2 cm³/mol. The maximum atomic E-state index is 12.2. The van der Waals surface area contributed by atoms with Gasteiger partial charge in [-0.1, -0.05) is 25.4 Å². The molecule has 0 aliphatic carbocycles. The molecule has 106 valence electrons. The van der Waals surface area contributed by atoms with Gasteiger partial charge in [-0.15, -0.1) is 0 Å². The minimum absolute atomic E-state index is 0.0112. The Bertz CT molecular complexity index is 467. The molecular weight excluding hydrogens is 246 g/mol. The Morgan fingerprint density at radius 1 is 1.63 bits per heavy atom. The first-order valence-electron chi connectivity index (χ1n) is 6.34. The van der Waals surface area contributed by atoms with Crippen LogP contribution >= 0.6 is 0 Å². The van der Waals surface area contributed by atoms with Gasteiger partial charge in [-0.3, -0.25) is 9.48 Å². The van der Waals surface area contributed by atoms with E-state index in [9.17, 15) is 4.79 Å². The van der Waals surface area contributed by atoms with Gasteiger partial charge in [-0.05, 0) is 12.8 Å². The van der Waals surface area contributed by atoms with Gasteiger partial charge in [0.25, 0.3) is 5.91 Å². The quantitative estimate of drug-likeness (QED) is 0.304. The molecule has 0 saturated carbocycles. The van der Waals surface area contributed by atoms with Crippen molar-refractivity contribution in [3.05, 3.63) is 17.5 Å². The highest BCUT2D eigenvalue weighted by molar-refractivity contribution is 5.98. The summed E-state index contributed by atoms with van der Waals surface area (Å²) in [4.78, 5) is 12.2. The van der Waals surface area contributed by atoms with Crippen LogP contribution in [0.1, 0.15) is 42.7 Å². The molecule has 0 radical (unpaired) electrons. The third-order valence-corrected chi connectivity index (χ3v) is 2.84. The number of aromatic nitrogens is 2. The van der Waals surface area contributed by atoms with Crippen LogP contribution in [0.25, 0.3) is 0 Å². The smallest absolute Gasteiger partial charge is 0.255 e. The Labute approximate surface area is 112 Å². The first-order chi connectivity index (χ1) is 9.03. The highest BCUT2D eigenvalue weighted by atomic mass is 16.4. The fraction of sp³-hybridized carbons (Fsp3) is 0.583. The van der Waals surface area contributed by atoms with E-state index in [-0.39, 0.29) is 11.7 Å². The Balaban J connectivity index is 2.87. The molecule has 0 saturated heterocycles. The van der Waals surface area contributed by atoms with E-state index in [4.69, 9.17) is 10.9 Å². The standard InChI is InChI=1S/C12H21N5O2/c1-4-6-10(11(13)16-19)14-12(18)8-7-17(3)15-9(8)5-2/h7,10,19H,4-6H2,1-3H3,(H2,13,16)(H,14,18). The highest BCUT2D eigenvalue weighted by Gasteiger charge is 2.20. The lowest BCUT2D eigenvalue weighted by atomic mass is 10.1. The minimum atomic E-state index is -0.465. The molecule has 4 N–H and O–H groups in total. The van der Waals surface area contributed by atoms with Crippen LogP contribution in [0.4, 0.5) is 0 Å². The summed E-state index contributed by atoms with van der Waals surface area (Å²) in [6, 6.07) is -0.465. The maximum Gasteiger partial charge on any atom is 0.255 e. The largest absolute Gasteiger partial charge is 0.409 e. The molecule has 1 aromatic rings. The Hall–Kier alpha value is -2.05. The van der Waals surface area contributed by atoms with E-state index in [0.29, 0.717) is 18.4 Å². The third kappa shape index (κ3) is 3.70. The number of nitrogens with one attached hydrogen (secondary N) is 1. The Morgan fingerprint density at radius 2 is 2.32 bits per heavy atom. The average molecular weight is 267 g/mol. The van der Waals surface area contributed by atoms with Crippen LogP contribution < -0.4 is 11.1 Å². The summed E-state index contributed by atoms with van der Waals surface area (Å²) in [6.45, 7) is 3.90. The summed E-state index contributed by atoms with van der Waals surface area (Å²) < 4.78 is 1.60. The molecule has 0 fully saturated rings. The zero-order chi connectivity index (χ0) is 14.4. The van der Waals surface area contributed by atoms with Crippen LogP contribution in [0.2, 0.25) is 0 Å². The predicted octanol–water partition coefficient (Wildman–Crippen LogP) is 0.627. The first kappa shape index (κ1) is 15.0. The number of hydrogen-bond acceptors (Lipinski definition) is 4. The van der Waals surface area contributed by atoms with E-state index in [0.717, 1.165) is 12.1 Å². The number of rotatable bonds is 6. The number of carbonyl (C=O) groups is 1. The second-order valence-electron chi connectivity index (χ2n) is 4.36. The molecule has 0 spiro atoms. The molecule has 19 heavy (non-hydrogen) atoms. The van der Waals surface area contributed by atoms with E-state index in [1.54, 1.807) is 17.9 Å². The first-order valence-corrected chi connectivity index (χ1v) is 6.34. The minimum Gasteiger partial charge on any atom is -0.409 e. The molecule has 0 aliphatic heterocycles. The third-order valence-electron chi connectivity index (χ3n) is 2.84. The molecule has 1 amide bonds. The molecule has 1 aromatic heterocycles. The Morgan fingerprint density at radius 3 is 2.84 bits per heavy atom. The number of aryl methyl sites for hydroxylation is 2. The number of nitrogens with zero attached hydrogens (tertiary/aromatic N) is 3. The molecule has 7 heteroatoms. The van der Waals surface area contributed by atoms with Gasteiger partial charge < -0.3 is 16.3 Å². The molecule has 1 atom stereocenters. The summed E-state index contributed by atoms with van der Waals surface area (Å²) in [7, 11) is 1.77. The van der Waals surface area contributed by atoms with E-state index >= 15 is 0 Å². The zero-order valence-electron chi connectivity index (χ0n) is 11.6. The van der Waals surface area contributed by atoms with Gasteiger partial charge >= 0.3 is 0 Å². The van der Waals surface area contributed by atoms with Crippen LogP contribution in [-0.4, -0.2) is 32.8 Å². The molecular formula is C12H21N5O2. The monoisotopic (exact) mass is 267 g/mol. The van der Waals surface area contributed by atoms with Gasteiger partial charge in [0.2, 0.25) is 0 Å². The van der Waals surface area contributed by atoms with E-state index in [1.807, 2.05) is 13.8 Å². The summed E-state index contributed by atoms with van der Waals surface area (Å²) >= 11 is 0. The van der Waals surface area contributed by atoms with E-state index < -0.39 is 6.04 Å². The summed E-state index contributed by atoms with van der Waals surface area (Å²) in [5.41, 5.74) is 6.83. The van der Waals surface area contributed by atoms with Crippen molar-refractivity contribution in [3.8, 4) is 0 Å². The van der Waals surface area contributed by atoms with E-state index in [1.165, 1.54) is 0 Å². The molecule has 1 rings (SSSR count). The van der Waals surface area contributed by atoms with Crippen molar-refractivity contribution >= 4 is 11.7 Å². The Kier molecular flexibility index (Phi) is 5.35. The molecule has 1 heterocycles. The van der Waals surface area contributed by atoms with Crippen molar-refractivity contribution in [1.82, 2.24) is 15.1 Å². The molecule has 0 aromatic carbocycles. The number of oxime groups is 1.